The van der Waals surface area contributed by atoms with Gasteiger partial charge in [-0.2, -0.15) is 0 Å². The number of carbonyl (C=O) groups excluding carboxylic acids is 1. The lowest BCUT2D eigenvalue weighted by molar-refractivity contribution is -0.120. The van der Waals surface area contributed by atoms with Gasteiger partial charge in [-0.25, -0.2) is 12.7 Å². The van der Waals surface area contributed by atoms with Gasteiger partial charge in [-0.3, -0.25) is 4.79 Å². The molecule has 1 aliphatic heterocycles. The van der Waals surface area contributed by atoms with Gasteiger partial charge >= 0.3 is 0 Å². The second-order valence-electron chi connectivity index (χ2n) is 5.65. The van der Waals surface area contributed by atoms with Crippen molar-refractivity contribution in [2.45, 2.75) is 19.8 Å². The van der Waals surface area contributed by atoms with Gasteiger partial charge in [-0.1, -0.05) is 0 Å². The topological polar surface area (TPSA) is 84.9 Å². The van der Waals surface area contributed by atoms with Gasteiger partial charge in [0.1, 0.15) is 11.5 Å². The molecule has 24 heavy (non-hydrogen) atoms. The third-order valence-electron chi connectivity index (χ3n) is 4.18. The average Bonchev–Trinajstić information content (AvgIpc) is 2.61. The Kier molecular flexibility index (Phi) is 6.06. The Morgan fingerprint density at radius 2 is 2.08 bits per heavy atom. The molecule has 0 radical (unpaired) electrons. The van der Waals surface area contributed by atoms with Crippen LogP contribution in [0.3, 0.4) is 0 Å². The van der Waals surface area contributed by atoms with Crippen molar-refractivity contribution in [1.82, 2.24) is 4.31 Å². The lowest BCUT2D eigenvalue weighted by Crippen LogP contribution is -2.44. The fourth-order valence-corrected chi connectivity index (χ4v) is 3.92. The summed E-state index contributed by atoms with van der Waals surface area (Å²) in [6.07, 6.45) is 1.33. The molecular formula is C16H24N2O5S. The maximum atomic E-state index is 12.6. The highest BCUT2D eigenvalue weighted by Crippen LogP contribution is 2.30. The predicted octanol–water partition coefficient (Wildman–Crippen LogP) is 1.70. The van der Waals surface area contributed by atoms with Gasteiger partial charge in [0, 0.05) is 19.2 Å². The number of hydrogen-bond donors (Lipinski definition) is 1. The van der Waals surface area contributed by atoms with Crippen LogP contribution in [0, 0.1) is 5.92 Å². The molecule has 8 heteroatoms. The molecule has 0 unspecified atom stereocenters. The third-order valence-corrected chi connectivity index (χ3v) is 6.03. The van der Waals surface area contributed by atoms with Crippen LogP contribution in [0.25, 0.3) is 0 Å². The Morgan fingerprint density at radius 1 is 1.33 bits per heavy atom. The van der Waals surface area contributed by atoms with Crippen molar-refractivity contribution in [2.24, 2.45) is 5.92 Å². The highest BCUT2D eigenvalue weighted by molar-refractivity contribution is 7.89. The Morgan fingerprint density at radius 3 is 2.71 bits per heavy atom. The number of rotatable bonds is 6. The standard InChI is InChI=1S/C16H24N2O5S/c1-4-24(20,21)18-9-5-6-12(11-18)16(19)17-14-10-13(22-2)7-8-15(14)23-3/h7-8,10,12H,4-6,9,11H2,1-3H3,(H,17,19)/t12-/m0/s1. The molecule has 1 saturated heterocycles. The van der Waals surface area contributed by atoms with Gasteiger partial charge < -0.3 is 14.8 Å². The molecule has 1 amide bonds. The van der Waals surface area contributed by atoms with E-state index in [9.17, 15) is 13.2 Å². The smallest absolute Gasteiger partial charge is 0.228 e. The Bertz CT molecular complexity index is 690. The molecular weight excluding hydrogens is 332 g/mol. The zero-order valence-electron chi connectivity index (χ0n) is 14.2. The van der Waals surface area contributed by atoms with Crippen LogP contribution in [-0.4, -0.2) is 51.7 Å². The van der Waals surface area contributed by atoms with E-state index < -0.39 is 10.0 Å². The number of amides is 1. The van der Waals surface area contributed by atoms with E-state index in [1.54, 1.807) is 32.2 Å². The quantitative estimate of drug-likeness (QED) is 0.839. The SMILES string of the molecule is CCS(=O)(=O)N1CCC[C@H](C(=O)Nc2cc(OC)ccc2OC)C1. The van der Waals surface area contributed by atoms with E-state index in [0.29, 0.717) is 36.6 Å². The van der Waals surface area contributed by atoms with E-state index in [0.717, 1.165) is 0 Å². The van der Waals surface area contributed by atoms with Crippen LogP contribution < -0.4 is 14.8 Å². The molecule has 0 spiro atoms. The zero-order chi connectivity index (χ0) is 17.7. The van der Waals surface area contributed by atoms with Crippen molar-refractivity contribution >= 4 is 21.6 Å². The van der Waals surface area contributed by atoms with Crippen molar-refractivity contribution in [1.29, 1.82) is 0 Å². The molecule has 0 aromatic heterocycles. The first-order chi connectivity index (χ1) is 11.4. The Hall–Kier alpha value is -1.80. The normalized spacial score (nSPS) is 18.9. The minimum Gasteiger partial charge on any atom is -0.497 e. The number of hydrogen-bond acceptors (Lipinski definition) is 5. The second kappa shape index (κ2) is 7.85. The van der Waals surface area contributed by atoms with E-state index in [4.69, 9.17) is 9.47 Å². The van der Waals surface area contributed by atoms with E-state index in [1.165, 1.54) is 11.4 Å². The number of methoxy groups -OCH3 is 2. The average molecular weight is 356 g/mol. The monoisotopic (exact) mass is 356 g/mol. The van der Waals surface area contributed by atoms with Crippen molar-refractivity contribution in [3.8, 4) is 11.5 Å². The summed E-state index contributed by atoms with van der Waals surface area (Å²) in [5.41, 5.74) is 0.511. The number of carbonyl (C=O) groups is 1. The van der Waals surface area contributed by atoms with Crippen molar-refractivity contribution < 1.29 is 22.7 Å². The van der Waals surface area contributed by atoms with Crippen molar-refractivity contribution in [3.63, 3.8) is 0 Å². The minimum atomic E-state index is -3.28. The van der Waals surface area contributed by atoms with Gasteiger partial charge in [0.2, 0.25) is 15.9 Å². The molecule has 1 N–H and O–H groups in total. The highest BCUT2D eigenvalue weighted by atomic mass is 32.2. The van der Waals surface area contributed by atoms with E-state index in [2.05, 4.69) is 5.32 Å². The van der Waals surface area contributed by atoms with E-state index in [1.807, 2.05) is 0 Å². The van der Waals surface area contributed by atoms with Gasteiger partial charge in [-0.05, 0) is 31.9 Å². The predicted molar refractivity (Wildman–Crippen MR) is 91.9 cm³/mol. The lowest BCUT2D eigenvalue weighted by atomic mass is 9.98. The number of anilines is 1. The van der Waals surface area contributed by atoms with Crippen LogP contribution in [0.5, 0.6) is 11.5 Å². The number of nitrogens with zero attached hydrogens (tertiary/aromatic N) is 1. The van der Waals surface area contributed by atoms with Crippen LogP contribution in [-0.2, 0) is 14.8 Å². The van der Waals surface area contributed by atoms with Crippen LogP contribution >= 0.6 is 0 Å². The molecule has 1 aliphatic rings. The summed E-state index contributed by atoms with van der Waals surface area (Å²) in [7, 11) is -0.210. The molecule has 2 rings (SSSR count). The summed E-state index contributed by atoms with van der Waals surface area (Å²) in [4.78, 5) is 12.6. The Labute approximate surface area is 143 Å². The maximum Gasteiger partial charge on any atom is 0.228 e. The molecule has 0 aliphatic carbocycles. The summed E-state index contributed by atoms with van der Waals surface area (Å²) >= 11 is 0. The second-order valence-corrected chi connectivity index (χ2v) is 7.91. The van der Waals surface area contributed by atoms with Crippen molar-refractivity contribution in [2.75, 3.05) is 38.4 Å². The summed E-state index contributed by atoms with van der Waals surface area (Å²) < 4.78 is 35.9. The third kappa shape index (κ3) is 4.18. The molecule has 0 bridgehead atoms. The molecule has 7 nitrogen and oxygen atoms in total. The van der Waals surface area contributed by atoms with Crippen LogP contribution in [0.15, 0.2) is 18.2 Å². The van der Waals surface area contributed by atoms with Gasteiger partial charge in [0.15, 0.2) is 0 Å². The molecule has 134 valence electrons. The number of ether oxygens (including phenoxy) is 2. The maximum absolute atomic E-state index is 12.6. The zero-order valence-corrected chi connectivity index (χ0v) is 15.1. The molecule has 1 heterocycles. The fourth-order valence-electron chi connectivity index (χ4n) is 2.74. The van der Waals surface area contributed by atoms with Gasteiger partial charge in [0.05, 0.1) is 31.6 Å². The van der Waals surface area contributed by atoms with Gasteiger partial charge in [0.25, 0.3) is 0 Å². The van der Waals surface area contributed by atoms with Crippen LogP contribution in [0.1, 0.15) is 19.8 Å². The molecule has 0 saturated carbocycles. The number of nitrogens with one attached hydrogen (secondary N) is 1. The first-order valence-corrected chi connectivity index (χ1v) is 9.53. The van der Waals surface area contributed by atoms with Crippen molar-refractivity contribution in [3.05, 3.63) is 18.2 Å². The summed E-state index contributed by atoms with van der Waals surface area (Å²) in [6, 6.07) is 5.13. The van der Waals surface area contributed by atoms with E-state index >= 15 is 0 Å². The summed E-state index contributed by atoms with van der Waals surface area (Å²) in [6.45, 7) is 2.30. The van der Waals surface area contributed by atoms with Crippen LogP contribution in [0.2, 0.25) is 0 Å². The first kappa shape index (κ1) is 18.5. The highest BCUT2D eigenvalue weighted by Gasteiger charge is 2.31. The molecule has 1 aromatic rings. The number of benzene rings is 1. The molecule has 1 fully saturated rings. The molecule has 1 atom stereocenters. The largest absolute Gasteiger partial charge is 0.497 e. The fraction of sp³-hybridized carbons (Fsp3) is 0.562. The molecule has 1 aromatic carbocycles. The Balaban J connectivity index is 2.12. The minimum absolute atomic E-state index is 0.0467. The summed E-state index contributed by atoms with van der Waals surface area (Å²) in [5.74, 6) is 0.585. The number of piperidine rings is 1. The number of sulfonamides is 1. The van der Waals surface area contributed by atoms with E-state index in [-0.39, 0.29) is 24.1 Å². The lowest BCUT2D eigenvalue weighted by Gasteiger charge is -2.31. The van der Waals surface area contributed by atoms with Crippen LogP contribution in [0.4, 0.5) is 5.69 Å². The van der Waals surface area contributed by atoms with Gasteiger partial charge in [-0.15, -0.1) is 0 Å². The summed E-state index contributed by atoms with van der Waals surface area (Å²) in [5, 5.41) is 2.83. The first-order valence-electron chi connectivity index (χ1n) is 7.92.